The Balaban J connectivity index is 0.00000220. The lowest BCUT2D eigenvalue weighted by molar-refractivity contribution is -0.136. The topological polar surface area (TPSA) is 61.6 Å². The number of aryl methyl sites for hydroxylation is 1. The summed E-state index contributed by atoms with van der Waals surface area (Å²) in [6.45, 7) is 8.78. The van der Waals surface area contributed by atoms with Gasteiger partial charge in [0.2, 0.25) is 5.91 Å². The monoisotopic (exact) mass is 352 g/mol. The summed E-state index contributed by atoms with van der Waals surface area (Å²) in [4.78, 5) is 16.5. The van der Waals surface area contributed by atoms with Crippen LogP contribution in [0.1, 0.15) is 18.4 Å². The molecule has 1 aromatic rings. The van der Waals surface area contributed by atoms with Crippen molar-refractivity contribution < 1.29 is 9.32 Å². The largest absolute Gasteiger partial charge is 0.361 e. The average molecular weight is 353 g/mol. The summed E-state index contributed by atoms with van der Waals surface area (Å²) >= 11 is 0. The van der Waals surface area contributed by atoms with Crippen molar-refractivity contribution in [1.29, 1.82) is 0 Å². The lowest BCUT2D eigenvalue weighted by Crippen LogP contribution is -2.50. The van der Waals surface area contributed by atoms with Crippen LogP contribution in [-0.4, -0.2) is 60.6 Å². The highest BCUT2D eigenvalue weighted by Crippen LogP contribution is 2.11. The Morgan fingerprint density at radius 1 is 1.36 bits per heavy atom. The maximum atomic E-state index is 12.2. The highest BCUT2D eigenvalue weighted by atomic mass is 35.5. The zero-order valence-electron chi connectivity index (χ0n) is 13.4. The zero-order chi connectivity index (χ0) is 14.5. The van der Waals surface area contributed by atoms with Crippen molar-refractivity contribution in [3.05, 3.63) is 17.5 Å². The molecule has 0 radical (unpaired) electrons. The van der Waals surface area contributed by atoms with Crippen molar-refractivity contribution in [1.82, 2.24) is 20.3 Å². The fourth-order valence-electron chi connectivity index (χ4n) is 2.55. The van der Waals surface area contributed by atoms with Crippen LogP contribution in [0, 0.1) is 12.8 Å². The average Bonchev–Trinajstić information content (AvgIpc) is 2.84. The quantitative estimate of drug-likeness (QED) is 0.865. The van der Waals surface area contributed by atoms with Crippen LogP contribution in [0.5, 0.6) is 0 Å². The third-order valence-electron chi connectivity index (χ3n) is 3.68. The van der Waals surface area contributed by atoms with Gasteiger partial charge in [0, 0.05) is 51.3 Å². The molecule has 2 rings (SSSR count). The van der Waals surface area contributed by atoms with Crippen molar-refractivity contribution in [2.45, 2.75) is 20.4 Å². The smallest absolute Gasteiger partial charge is 0.226 e. The first-order chi connectivity index (χ1) is 9.60. The lowest BCUT2D eigenvalue weighted by Gasteiger charge is -2.35. The number of rotatable bonds is 5. The number of nitrogens with zero attached hydrogens (tertiary/aromatic N) is 3. The normalized spacial score (nSPS) is 16.6. The number of hydrogen-bond donors (Lipinski definition) is 1. The molecule has 1 fully saturated rings. The van der Waals surface area contributed by atoms with Gasteiger partial charge in [0.15, 0.2) is 0 Å². The molecule has 8 heteroatoms. The highest BCUT2D eigenvalue weighted by Gasteiger charge is 2.24. The van der Waals surface area contributed by atoms with Crippen molar-refractivity contribution in [2.24, 2.45) is 5.92 Å². The molecule has 0 aromatic carbocycles. The predicted octanol–water partition coefficient (Wildman–Crippen LogP) is 1.33. The SMILES string of the molecule is CNCC(C)C(=O)N1CCN(Cc2cc(C)on2)CC1.Cl.Cl. The molecule has 1 N–H and O–H groups in total. The lowest BCUT2D eigenvalue weighted by atomic mass is 10.1. The highest BCUT2D eigenvalue weighted by molar-refractivity contribution is 5.85. The minimum atomic E-state index is 0. The molecule has 1 amide bonds. The van der Waals surface area contributed by atoms with Crippen LogP contribution in [0.4, 0.5) is 0 Å². The number of nitrogens with one attached hydrogen (secondary N) is 1. The second-order valence-corrected chi connectivity index (χ2v) is 5.49. The van der Waals surface area contributed by atoms with Gasteiger partial charge in [0.25, 0.3) is 0 Å². The van der Waals surface area contributed by atoms with Gasteiger partial charge in [-0.05, 0) is 14.0 Å². The molecular formula is C14H26Cl2N4O2. The third-order valence-corrected chi connectivity index (χ3v) is 3.68. The van der Waals surface area contributed by atoms with E-state index in [9.17, 15) is 4.79 Å². The molecule has 6 nitrogen and oxygen atoms in total. The molecule has 0 saturated carbocycles. The first-order valence-corrected chi connectivity index (χ1v) is 7.18. The van der Waals surface area contributed by atoms with Crippen LogP contribution in [-0.2, 0) is 11.3 Å². The number of hydrogen-bond acceptors (Lipinski definition) is 5. The Morgan fingerprint density at radius 3 is 2.50 bits per heavy atom. The molecule has 1 saturated heterocycles. The Kier molecular flexibility index (Phi) is 9.67. The molecule has 0 spiro atoms. The van der Waals surface area contributed by atoms with Crippen LogP contribution in [0.15, 0.2) is 10.6 Å². The number of halogens is 2. The fourth-order valence-corrected chi connectivity index (χ4v) is 2.55. The van der Waals surface area contributed by atoms with E-state index in [0.29, 0.717) is 0 Å². The first-order valence-electron chi connectivity index (χ1n) is 7.18. The predicted molar refractivity (Wildman–Crippen MR) is 90.7 cm³/mol. The van der Waals surface area contributed by atoms with Gasteiger partial charge in [-0.15, -0.1) is 24.8 Å². The maximum Gasteiger partial charge on any atom is 0.226 e. The van der Waals surface area contributed by atoms with E-state index in [1.165, 1.54) is 0 Å². The second kappa shape index (κ2) is 10.0. The van der Waals surface area contributed by atoms with E-state index in [0.717, 1.165) is 50.7 Å². The van der Waals surface area contributed by atoms with Crippen LogP contribution in [0.25, 0.3) is 0 Å². The maximum absolute atomic E-state index is 12.2. The van der Waals surface area contributed by atoms with Crippen LogP contribution in [0.2, 0.25) is 0 Å². The summed E-state index contributed by atoms with van der Waals surface area (Å²) < 4.78 is 5.08. The molecule has 128 valence electrons. The standard InChI is InChI=1S/C14H24N4O2.2ClH/c1-11(9-15-3)14(19)18-6-4-17(5-7-18)10-13-8-12(2)20-16-13;;/h8,11,15H,4-7,9-10H2,1-3H3;2*1H. The summed E-state index contributed by atoms with van der Waals surface area (Å²) in [6, 6.07) is 1.96. The third kappa shape index (κ3) is 5.76. The molecule has 0 aliphatic carbocycles. The molecule has 0 bridgehead atoms. The molecule has 1 aromatic heterocycles. The van der Waals surface area contributed by atoms with Gasteiger partial charge < -0.3 is 14.7 Å². The summed E-state index contributed by atoms with van der Waals surface area (Å²) in [5, 5.41) is 7.07. The minimum Gasteiger partial charge on any atom is -0.361 e. The molecule has 1 unspecified atom stereocenters. The number of piperazine rings is 1. The van der Waals surface area contributed by atoms with Gasteiger partial charge >= 0.3 is 0 Å². The van der Waals surface area contributed by atoms with Crippen molar-refractivity contribution in [3.8, 4) is 0 Å². The molecule has 1 aliphatic rings. The van der Waals surface area contributed by atoms with Crippen LogP contribution in [0.3, 0.4) is 0 Å². The molecule has 1 atom stereocenters. The van der Waals surface area contributed by atoms with E-state index in [1.807, 2.05) is 31.9 Å². The van der Waals surface area contributed by atoms with Gasteiger partial charge in [0.1, 0.15) is 5.76 Å². The zero-order valence-corrected chi connectivity index (χ0v) is 15.0. The van der Waals surface area contributed by atoms with Crippen molar-refractivity contribution >= 4 is 30.7 Å². The minimum absolute atomic E-state index is 0. The summed E-state index contributed by atoms with van der Waals surface area (Å²) in [5.41, 5.74) is 0.964. The number of aromatic nitrogens is 1. The van der Waals surface area contributed by atoms with Gasteiger partial charge in [0.05, 0.1) is 5.69 Å². The van der Waals surface area contributed by atoms with Gasteiger partial charge in [-0.1, -0.05) is 12.1 Å². The summed E-state index contributed by atoms with van der Waals surface area (Å²) in [6.07, 6.45) is 0. The Bertz CT molecular complexity index is 448. The summed E-state index contributed by atoms with van der Waals surface area (Å²) in [5.74, 6) is 1.13. The molecule has 1 aliphatic heterocycles. The molecule has 2 heterocycles. The van der Waals surface area contributed by atoms with Gasteiger partial charge in [-0.25, -0.2) is 0 Å². The van der Waals surface area contributed by atoms with E-state index >= 15 is 0 Å². The van der Waals surface area contributed by atoms with E-state index in [1.54, 1.807) is 0 Å². The molecular weight excluding hydrogens is 327 g/mol. The Labute approximate surface area is 144 Å². The number of amides is 1. The second-order valence-electron chi connectivity index (χ2n) is 5.49. The number of carbonyl (C=O) groups excluding carboxylic acids is 1. The van der Waals surface area contributed by atoms with Gasteiger partial charge in [-0.2, -0.15) is 0 Å². The van der Waals surface area contributed by atoms with E-state index < -0.39 is 0 Å². The summed E-state index contributed by atoms with van der Waals surface area (Å²) in [7, 11) is 1.88. The van der Waals surface area contributed by atoms with Crippen LogP contribution < -0.4 is 5.32 Å². The van der Waals surface area contributed by atoms with Crippen LogP contribution >= 0.6 is 24.8 Å². The van der Waals surface area contributed by atoms with E-state index in [4.69, 9.17) is 4.52 Å². The fraction of sp³-hybridized carbons (Fsp3) is 0.714. The van der Waals surface area contributed by atoms with Gasteiger partial charge in [-0.3, -0.25) is 9.69 Å². The molecule has 22 heavy (non-hydrogen) atoms. The van der Waals surface area contributed by atoms with Crippen molar-refractivity contribution in [3.63, 3.8) is 0 Å². The Hall–Kier alpha value is -0.820. The van der Waals surface area contributed by atoms with E-state index in [-0.39, 0.29) is 36.6 Å². The number of carbonyl (C=O) groups is 1. The van der Waals surface area contributed by atoms with E-state index in [2.05, 4.69) is 15.4 Å². The first kappa shape index (κ1) is 21.2. The Morgan fingerprint density at radius 2 is 2.00 bits per heavy atom. The van der Waals surface area contributed by atoms with Crippen molar-refractivity contribution in [2.75, 3.05) is 39.8 Å².